The van der Waals surface area contributed by atoms with Gasteiger partial charge in [-0.15, -0.1) is 0 Å². The monoisotopic (exact) mass is 321 g/mol. The molecule has 1 aliphatic rings. The van der Waals surface area contributed by atoms with Gasteiger partial charge >= 0.3 is 5.97 Å². The first-order chi connectivity index (χ1) is 11.1. The van der Waals surface area contributed by atoms with E-state index in [1.54, 1.807) is 17.0 Å². The van der Waals surface area contributed by atoms with E-state index in [2.05, 4.69) is 0 Å². The van der Waals surface area contributed by atoms with Gasteiger partial charge in [0.15, 0.2) is 18.1 Å². The number of phenolic OH excluding ortho intramolecular Hbond substituents is 1. The lowest BCUT2D eigenvalue weighted by Gasteiger charge is -2.26. The quantitative estimate of drug-likeness (QED) is 0.638. The maximum absolute atomic E-state index is 11.8. The summed E-state index contributed by atoms with van der Waals surface area (Å²) >= 11 is 0. The highest BCUT2D eigenvalue weighted by Gasteiger charge is 2.17. The fourth-order valence-electron chi connectivity index (χ4n) is 2.05. The second-order valence-corrected chi connectivity index (χ2v) is 4.87. The largest absolute Gasteiger partial charge is 0.504 e. The Morgan fingerprint density at radius 1 is 1.35 bits per heavy atom. The first-order valence-electron chi connectivity index (χ1n) is 7.17. The molecule has 0 saturated carbocycles. The number of hydrogen-bond donors (Lipinski definition) is 1. The first kappa shape index (κ1) is 16.8. The van der Waals surface area contributed by atoms with Crippen molar-refractivity contribution in [2.75, 3.05) is 40.0 Å². The summed E-state index contributed by atoms with van der Waals surface area (Å²) in [7, 11) is 1.44. The van der Waals surface area contributed by atoms with Crippen LogP contribution >= 0.6 is 0 Å². The summed E-state index contributed by atoms with van der Waals surface area (Å²) in [6.45, 7) is 1.74. The molecule has 0 radical (unpaired) electrons. The minimum atomic E-state index is -0.612. The van der Waals surface area contributed by atoms with Crippen LogP contribution in [0.25, 0.3) is 6.08 Å². The average molecular weight is 321 g/mol. The summed E-state index contributed by atoms with van der Waals surface area (Å²) in [4.78, 5) is 25.1. The van der Waals surface area contributed by atoms with Gasteiger partial charge in [0, 0.05) is 19.2 Å². The number of benzene rings is 1. The number of esters is 1. The number of phenols is 1. The number of nitrogens with zero attached hydrogens (tertiary/aromatic N) is 1. The molecule has 1 saturated heterocycles. The van der Waals surface area contributed by atoms with Crippen molar-refractivity contribution >= 4 is 18.0 Å². The summed E-state index contributed by atoms with van der Waals surface area (Å²) in [6, 6.07) is 4.67. The van der Waals surface area contributed by atoms with Gasteiger partial charge in [0.05, 0.1) is 20.3 Å². The third kappa shape index (κ3) is 5.00. The van der Waals surface area contributed by atoms with Crippen LogP contribution in [-0.2, 0) is 19.1 Å². The van der Waals surface area contributed by atoms with Crippen molar-refractivity contribution in [3.05, 3.63) is 29.8 Å². The van der Waals surface area contributed by atoms with Crippen LogP contribution in [0.3, 0.4) is 0 Å². The highest BCUT2D eigenvalue weighted by Crippen LogP contribution is 2.26. The van der Waals surface area contributed by atoms with Crippen molar-refractivity contribution in [3.63, 3.8) is 0 Å². The minimum Gasteiger partial charge on any atom is -0.504 e. The number of carbonyl (C=O) groups excluding carboxylic acids is 2. The van der Waals surface area contributed by atoms with Crippen LogP contribution in [0.5, 0.6) is 11.5 Å². The summed E-state index contributed by atoms with van der Waals surface area (Å²) in [6.07, 6.45) is 2.74. The molecule has 1 N–H and O–H groups in total. The number of ether oxygens (including phenoxy) is 3. The fraction of sp³-hybridized carbons (Fsp3) is 0.375. The molecule has 1 aliphatic heterocycles. The van der Waals surface area contributed by atoms with Crippen LogP contribution in [-0.4, -0.2) is 61.9 Å². The number of hydrogen-bond acceptors (Lipinski definition) is 6. The van der Waals surface area contributed by atoms with Crippen molar-refractivity contribution < 1.29 is 28.9 Å². The van der Waals surface area contributed by atoms with Crippen molar-refractivity contribution in [2.45, 2.75) is 0 Å². The Morgan fingerprint density at radius 3 is 2.78 bits per heavy atom. The smallest absolute Gasteiger partial charge is 0.331 e. The average Bonchev–Trinajstić information content (AvgIpc) is 2.59. The summed E-state index contributed by atoms with van der Waals surface area (Å²) in [5, 5.41) is 9.49. The van der Waals surface area contributed by atoms with Gasteiger partial charge in [-0.1, -0.05) is 6.07 Å². The molecular formula is C16H19NO6. The highest BCUT2D eigenvalue weighted by atomic mass is 16.5. The van der Waals surface area contributed by atoms with Gasteiger partial charge in [-0.25, -0.2) is 4.79 Å². The molecule has 0 atom stereocenters. The molecule has 7 nitrogen and oxygen atoms in total. The maximum atomic E-state index is 11.8. The van der Waals surface area contributed by atoms with E-state index in [9.17, 15) is 14.7 Å². The number of methoxy groups -OCH3 is 1. The lowest BCUT2D eigenvalue weighted by Crippen LogP contribution is -2.42. The number of amides is 1. The zero-order chi connectivity index (χ0) is 16.7. The number of carbonyl (C=O) groups is 2. The van der Waals surface area contributed by atoms with E-state index in [-0.39, 0.29) is 18.3 Å². The van der Waals surface area contributed by atoms with Gasteiger partial charge in [-0.05, 0) is 23.8 Å². The van der Waals surface area contributed by atoms with E-state index in [4.69, 9.17) is 14.2 Å². The molecule has 0 unspecified atom stereocenters. The summed E-state index contributed by atoms with van der Waals surface area (Å²) in [5.41, 5.74) is 0.663. The van der Waals surface area contributed by atoms with Crippen molar-refractivity contribution in [1.82, 2.24) is 4.90 Å². The lowest BCUT2D eigenvalue weighted by molar-refractivity contribution is -0.150. The predicted molar refractivity (Wildman–Crippen MR) is 82.1 cm³/mol. The van der Waals surface area contributed by atoms with Gasteiger partial charge in [-0.3, -0.25) is 4.79 Å². The summed E-state index contributed by atoms with van der Waals surface area (Å²) < 4.78 is 15.0. The van der Waals surface area contributed by atoms with Crippen molar-refractivity contribution in [1.29, 1.82) is 0 Å². The van der Waals surface area contributed by atoms with E-state index >= 15 is 0 Å². The second kappa shape index (κ2) is 8.19. The summed E-state index contributed by atoms with van der Waals surface area (Å²) in [5.74, 6) is -0.522. The van der Waals surface area contributed by atoms with Crippen LogP contribution < -0.4 is 4.74 Å². The van der Waals surface area contributed by atoms with Crippen LogP contribution in [0.15, 0.2) is 24.3 Å². The molecule has 1 fully saturated rings. The SMILES string of the molecule is COc1cc(C=CC(=O)OCC(=O)N2CCOCC2)ccc1O. The third-order valence-corrected chi connectivity index (χ3v) is 3.32. The molecule has 0 aromatic heterocycles. The standard InChI is InChI=1S/C16H19NO6/c1-21-14-10-12(2-4-13(14)18)3-5-16(20)23-11-15(19)17-6-8-22-9-7-17/h2-5,10,18H,6-9,11H2,1H3. The number of rotatable bonds is 5. The Hall–Kier alpha value is -2.54. The first-order valence-corrected chi connectivity index (χ1v) is 7.17. The van der Waals surface area contributed by atoms with Gasteiger partial charge in [0.2, 0.25) is 0 Å². The Labute approximate surface area is 134 Å². The van der Waals surface area contributed by atoms with Crippen molar-refractivity contribution in [3.8, 4) is 11.5 Å². The lowest BCUT2D eigenvalue weighted by atomic mass is 10.2. The Bertz CT molecular complexity index is 592. The molecule has 1 aromatic carbocycles. The molecule has 1 heterocycles. The predicted octanol–water partition coefficient (Wildman–Crippen LogP) is 0.816. The molecule has 23 heavy (non-hydrogen) atoms. The highest BCUT2D eigenvalue weighted by molar-refractivity contribution is 5.89. The Morgan fingerprint density at radius 2 is 2.09 bits per heavy atom. The van der Waals surface area contributed by atoms with Crippen LogP contribution in [0.1, 0.15) is 5.56 Å². The molecule has 7 heteroatoms. The van der Waals surface area contributed by atoms with Crippen LogP contribution in [0.4, 0.5) is 0 Å². The molecule has 124 valence electrons. The molecule has 1 aromatic rings. The Kier molecular flexibility index (Phi) is 5.99. The van der Waals surface area contributed by atoms with Crippen LogP contribution in [0, 0.1) is 0 Å². The molecular weight excluding hydrogens is 302 g/mol. The van der Waals surface area contributed by atoms with E-state index in [0.717, 1.165) is 0 Å². The van der Waals surface area contributed by atoms with E-state index in [0.29, 0.717) is 37.6 Å². The Balaban J connectivity index is 1.83. The molecule has 1 amide bonds. The van der Waals surface area contributed by atoms with E-state index in [1.807, 2.05) is 0 Å². The zero-order valence-corrected chi connectivity index (χ0v) is 12.9. The number of aromatic hydroxyl groups is 1. The minimum absolute atomic E-state index is 0.0170. The fourth-order valence-corrected chi connectivity index (χ4v) is 2.05. The zero-order valence-electron chi connectivity index (χ0n) is 12.9. The van der Waals surface area contributed by atoms with Gasteiger partial charge in [-0.2, -0.15) is 0 Å². The molecule has 2 rings (SSSR count). The van der Waals surface area contributed by atoms with Gasteiger partial charge in [0.1, 0.15) is 0 Å². The molecule has 0 spiro atoms. The third-order valence-electron chi connectivity index (χ3n) is 3.32. The number of morpholine rings is 1. The van der Waals surface area contributed by atoms with Crippen LogP contribution in [0.2, 0.25) is 0 Å². The van der Waals surface area contributed by atoms with E-state index < -0.39 is 5.97 Å². The molecule has 0 bridgehead atoms. The second-order valence-electron chi connectivity index (χ2n) is 4.87. The normalized spacial score (nSPS) is 14.7. The van der Waals surface area contributed by atoms with E-state index in [1.165, 1.54) is 25.3 Å². The van der Waals surface area contributed by atoms with Crippen molar-refractivity contribution in [2.24, 2.45) is 0 Å². The topological polar surface area (TPSA) is 85.3 Å². The molecule has 0 aliphatic carbocycles. The van der Waals surface area contributed by atoms with Gasteiger partial charge < -0.3 is 24.2 Å². The maximum Gasteiger partial charge on any atom is 0.331 e. The van der Waals surface area contributed by atoms with Gasteiger partial charge in [0.25, 0.3) is 5.91 Å².